The van der Waals surface area contributed by atoms with Crippen molar-refractivity contribution in [1.29, 1.82) is 0 Å². The Hall–Kier alpha value is -4.91. The summed E-state index contributed by atoms with van der Waals surface area (Å²) < 4.78 is 15.4. The maximum absolute atomic E-state index is 10.2. The number of rotatable bonds is 11. The normalized spacial score (nSPS) is 10.0. The highest BCUT2D eigenvalue weighted by Crippen LogP contribution is 2.19. The Morgan fingerprint density at radius 3 is 1.16 bits per heavy atom. The van der Waals surface area contributed by atoms with Gasteiger partial charge in [-0.15, -0.1) is 0 Å². The number of aldehydes is 1. The van der Waals surface area contributed by atoms with Crippen LogP contribution in [0.25, 0.3) is 0 Å². The molecule has 0 fully saturated rings. The molecule has 0 amide bonds. The predicted molar refractivity (Wildman–Crippen MR) is 178 cm³/mol. The van der Waals surface area contributed by atoms with Crippen LogP contribution in [0.15, 0.2) is 133 Å². The van der Waals surface area contributed by atoms with Gasteiger partial charge in [-0.25, -0.2) is 0 Å². The number of nitrogens with two attached hydrogens (primary N) is 1. The van der Waals surface area contributed by atoms with Crippen LogP contribution in [0.1, 0.15) is 32.6 Å². The molecule has 0 heterocycles. The van der Waals surface area contributed by atoms with E-state index < -0.39 is 0 Å². The molecule has 0 spiro atoms. The van der Waals surface area contributed by atoms with E-state index in [0.29, 0.717) is 12.1 Å². The summed E-state index contributed by atoms with van der Waals surface area (Å²) in [5.41, 5.74) is 11.1. The van der Waals surface area contributed by atoms with Crippen LogP contribution in [0.2, 0.25) is 0 Å². The van der Waals surface area contributed by atoms with Crippen molar-refractivity contribution in [3.05, 3.63) is 161 Å². The van der Waals surface area contributed by atoms with Crippen molar-refractivity contribution in [1.82, 2.24) is 4.90 Å². The molecule has 5 rings (SSSR count). The summed E-state index contributed by atoms with van der Waals surface area (Å²) >= 11 is 0. The molecular weight excluding hydrogens is 548 g/mol. The van der Waals surface area contributed by atoms with Gasteiger partial charge in [0.05, 0.1) is 21.3 Å². The van der Waals surface area contributed by atoms with Gasteiger partial charge in [0.2, 0.25) is 0 Å². The fourth-order valence-corrected chi connectivity index (χ4v) is 4.28. The molecule has 0 bridgehead atoms. The number of hydrogen-bond donors (Lipinski definition) is 1. The third kappa shape index (κ3) is 12.1. The minimum atomic E-state index is 0.640. The Balaban J connectivity index is 0.000000238. The van der Waals surface area contributed by atoms with E-state index in [4.69, 9.17) is 19.9 Å². The maximum Gasteiger partial charge on any atom is 0.150 e. The van der Waals surface area contributed by atoms with Crippen molar-refractivity contribution in [3.8, 4) is 17.2 Å². The highest BCUT2D eigenvalue weighted by Gasteiger charge is 2.09. The summed E-state index contributed by atoms with van der Waals surface area (Å²) in [6.07, 6.45) is 0.805. The first-order valence-electron chi connectivity index (χ1n) is 14.4. The number of ether oxygens (including phenoxy) is 3. The van der Waals surface area contributed by atoms with Crippen molar-refractivity contribution in [2.24, 2.45) is 5.73 Å². The van der Waals surface area contributed by atoms with Crippen LogP contribution >= 0.6 is 0 Å². The summed E-state index contributed by atoms with van der Waals surface area (Å²) in [4.78, 5) is 12.6. The molecule has 0 aliphatic heterocycles. The largest absolute Gasteiger partial charge is 0.497 e. The van der Waals surface area contributed by atoms with Crippen molar-refractivity contribution in [2.75, 3.05) is 21.3 Å². The first-order valence-corrected chi connectivity index (χ1v) is 14.4. The maximum atomic E-state index is 10.2. The molecule has 6 heteroatoms. The predicted octanol–water partition coefficient (Wildman–Crippen LogP) is 7.56. The molecule has 6 nitrogen and oxygen atoms in total. The van der Waals surface area contributed by atoms with Crippen molar-refractivity contribution < 1.29 is 19.0 Å². The smallest absolute Gasteiger partial charge is 0.150 e. The van der Waals surface area contributed by atoms with Gasteiger partial charge in [-0.2, -0.15) is 0 Å². The van der Waals surface area contributed by atoms with Crippen LogP contribution in [-0.2, 0) is 26.2 Å². The lowest BCUT2D eigenvalue weighted by Crippen LogP contribution is -2.22. The van der Waals surface area contributed by atoms with E-state index in [1.54, 1.807) is 45.6 Å². The number of nitrogens with zero attached hydrogens (tertiary/aromatic N) is 1. The molecule has 0 aliphatic rings. The molecule has 0 saturated carbocycles. The third-order valence-electron chi connectivity index (χ3n) is 6.71. The van der Waals surface area contributed by atoms with E-state index in [1.165, 1.54) is 22.3 Å². The standard InChI is InChI=1S/C23H25NO2.C8H8O2.C7H9N/c1-25-22-12-8-20(9-13-22)17-24(16-19-6-4-3-5-7-19)18-21-10-14-23(26-2)15-11-21;1-10-8-4-2-7(6-9)3-5-8;8-6-7-4-2-1-3-5-7/h3-15H,16-18H2,1-2H3;2-6H,1H3;1-5H,6,8H2. The van der Waals surface area contributed by atoms with E-state index in [2.05, 4.69) is 59.5 Å². The Morgan fingerprint density at radius 2 is 0.841 bits per heavy atom. The number of hydrogen-bond acceptors (Lipinski definition) is 6. The van der Waals surface area contributed by atoms with E-state index in [-0.39, 0.29) is 0 Å². The van der Waals surface area contributed by atoms with E-state index in [1.807, 2.05) is 54.6 Å². The van der Waals surface area contributed by atoms with Gasteiger partial charge >= 0.3 is 0 Å². The minimum absolute atomic E-state index is 0.640. The van der Waals surface area contributed by atoms with Gasteiger partial charge in [0.15, 0.2) is 0 Å². The second-order valence-electron chi connectivity index (χ2n) is 9.91. The lowest BCUT2D eigenvalue weighted by atomic mass is 10.1. The first kappa shape index (κ1) is 33.6. The van der Waals surface area contributed by atoms with Gasteiger partial charge < -0.3 is 19.9 Å². The zero-order valence-electron chi connectivity index (χ0n) is 25.8. The molecule has 5 aromatic carbocycles. The zero-order chi connectivity index (χ0) is 31.4. The minimum Gasteiger partial charge on any atom is -0.497 e. The lowest BCUT2D eigenvalue weighted by molar-refractivity contribution is 0.112. The second-order valence-corrected chi connectivity index (χ2v) is 9.91. The van der Waals surface area contributed by atoms with E-state index in [9.17, 15) is 4.79 Å². The van der Waals surface area contributed by atoms with Crippen molar-refractivity contribution in [2.45, 2.75) is 26.2 Å². The molecular formula is C38H42N2O4. The molecule has 0 atom stereocenters. The average Bonchev–Trinajstić information content (AvgIpc) is 3.10. The van der Waals surface area contributed by atoms with Crippen LogP contribution < -0.4 is 19.9 Å². The summed E-state index contributed by atoms with van der Waals surface area (Å²) in [7, 11) is 4.98. The Kier molecular flexibility index (Phi) is 14.7. The van der Waals surface area contributed by atoms with Crippen LogP contribution in [0.5, 0.6) is 17.2 Å². The SMILES string of the molecule is COc1ccc(C=O)cc1.COc1ccc(CN(Cc2ccccc2)Cc2ccc(OC)cc2)cc1.NCc1ccccc1. The van der Waals surface area contributed by atoms with Crippen LogP contribution in [0, 0.1) is 0 Å². The number of benzene rings is 5. The third-order valence-corrected chi connectivity index (χ3v) is 6.71. The van der Waals surface area contributed by atoms with E-state index in [0.717, 1.165) is 43.2 Å². The van der Waals surface area contributed by atoms with Gasteiger partial charge in [0.25, 0.3) is 0 Å². The first-order chi connectivity index (χ1) is 21.6. The van der Waals surface area contributed by atoms with Gasteiger partial charge in [0.1, 0.15) is 23.5 Å². The molecule has 0 radical (unpaired) electrons. The Bertz CT molecular complexity index is 1410. The molecule has 44 heavy (non-hydrogen) atoms. The average molecular weight is 591 g/mol. The molecule has 228 valence electrons. The fourth-order valence-electron chi connectivity index (χ4n) is 4.28. The number of methoxy groups -OCH3 is 3. The van der Waals surface area contributed by atoms with Gasteiger partial charge in [-0.3, -0.25) is 9.69 Å². The lowest BCUT2D eigenvalue weighted by Gasteiger charge is -2.23. The van der Waals surface area contributed by atoms with Gasteiger partial charge in [-0.05, 0) is 70.8 Å². The highest BCUT2D eigenvalue weighted by molar-refractivity contribution is 5.74. The Labute approximate surface area is 261 Å². The molecule has 5 aromatic rings. The molecule has 0 unspecified atom stereocenters. The second kappa shape index (κ2) is 19.3. The number of carbonyl (C=O) groups excluding carboxylic acids is 1. The van der Waals surface area contributed by atoms with Crippen LogP contribution in [0.4, 0.5) is 0 Å². The topological polar surface area (TPSA) is 74.0 Å². The zero-order valence-corrected chi connectivity index (χ0v) is 25.8. The molecule has 0 aromatic heterocycles. The number of carbonyl (C=O) groups is 1. The molecule has 2 N–H and O–H groups in total. The summed E-state index contributed by atoms with van der Waals surface area (Å²) in [6, 6.07) is 44.1. The summed E-state index contributed by atoms with van der Waals surface area (Å²) in [6.45, 7) is 3.30. The fraction of sp³-hybridized carbons (Fsp3) is 0.184. The van der Waals surface area contributed by atoms with Crippen molar-refractivity contribution in [3.63, 3.8) is 0 Å². The molecule has 0 saturated heterocycles. The quantitative estimate of drug-likeness (QED) is 0.160. The van der Waals surface area contributed by atoms with E-state index >= 15 is 0 Å². The monoisotopic (exact) mass is 590 g/mol. The van der Waals surface area contributed by atoms with Gasteiger partial charge in [0, 0.05) is 31.7 Å². The molecule has 0 aliphatic carbocycles. The highest BCUT2D eigenvalue weighted by atomic mass is 16.5. The van der Waals surface area contributed by atoms with Crippen molar-refractivity contribution >= 4 is 6.29 Å². The van der Waals surface area contributed by atoms with Gasteiger partial charge in [-0.1, -0.05) is 84.9 Å². The Morgan fingerprint density at radius 1 is 0.500 bits per heavy atom. The summed E-state index contributed by atoms with van der Waals surface area (Å²) in [5, 5.41) is 0. The van der Waals surface area contributed by atoms with Crippen LogP contribution in [0.3, 0.4) is 0 Å². The summed E-state index contributed by atoms with van der Waals surface area (Å²) in [5.74, 6) is 2.54. The van der Waals surface area contributed by atoms with Crippen LogP contribution in [-0.4, -0.2) is 32.5 Å².